The van der Waals surface area contributed by atoms with Gasteiger partial charge < -0.3 is 4.74 Å². The van der Waals surface area contributed by atoms with Crippen LogP contribution < -0.4 is 4.74 Å². The van der Waals surface area contributed by atoms with Crippen molar-refractivity contribution < 1.29 is 4.74 Å². The molecule has 17 heavy (non-hydrogen) atoms. The van der Waals surface area contributed by atoms with E-state index in [0.29, 0.717) is 6.61 Å². The number of halogens is 1. The van der Waals surface area contributed by atoms with Gasteiger partial charge in [0.25, 0.3) is 0 Å². The van der Waals surface area contributed by atoms with Gasteiger partial charge in [0.05, 0.1) is 0 Å². The molecule has 0 spiro atoms. The maximum atomic E-state index is 5.77. The lowest BCUT2D eigenvalue weighted by molar-refractivity contribution is 0.303. The fourth-order valence-electron chi connectivity index (χ4n) is 1.66. The summed E-state index contributed by atoms with van der Waals surface area (Å²) in [5.74, 6) is 0.926. The standard InChI is InChI=1S/C14H14BrNO/c1-10-3-4-14(11(2)5-10)17-9-12-6-13(15)8-16-7-12/h3-8H,9H2,1-2H3. The average Bonchev–Trinajstić information content (AvgIpc) is 2.28. The zero-order valence-electron chi connectivity index (χ0n) is 9.90. The molecule has 2 nitrogen and oxygen atoms in total. The highest BCUT2D eigenvalue weighted by Gasteiger charge is 2.01. The molecule has 3 heteroatoms. The molecule has 0 radical (unpaired) electrons. The Bertz CT molecular complexity index is 525. The van der Waals surface area contributed by atoms with Gasteiger partial charge >= 0.3 is 0 Å². The molecular formula is C14H14BrNO. The van der Waals surface area contributed by atoms with Crippen LogP contribution in [0.1, 0.15) is 16.7 Å². The summed E-state index contributed by atoms with van der Waals surface area (Å²) in [5.41, 5.74) is 3.46. The summed E-state index contributed by atoms with van der Waals surface area (Å²) < 4.78 is 6.74. The molecule has 1 heterocycles. The minimum Gasteiger partial charge on any atom is -0.489 e. The van der Waals surface area contributed by atoms with Crippen LogP contribution in [0.2, 0.25) is 0 Å². The van der Waals surface area contributed by atoms with Crippen LogP contribution in [-0.2, 0) is 6.61 Å². The fraction of sp³-hybridized carbons (Fsp3) is 0.214. The van der Waals surface area contributed by atoms with Gasteiger partial charge in [-0.05, 0) is 47.5 Å². The largest absolute Gasteiger partial charge is 0.489 e. The normalized spacial score (nSPS) is 10.3. The maximum absolute atomic E-state index is 5.77. The molecule has 0 saturated heterocycles. The summed E-state index contributed by atoms with van der Waals surface area (Å²) in [6, 6.07) is 8.20. The van der Waals surface area contributed by atoms with E-state index >= 15 is 0 Å². The van der Waals surface area contributed by atoms with Gasteiger partial charge in [0.1, 0.15) is 12.4 Å². The Morgan fingerprint density at radius 1 is 1.18 bits per heavy atom. The summed E-state index contributed by atoms with van der Waals surface area (Å²) in [5, 5.41) is 0. The minimum absolute atomic E-state index is 0.538. The molecule has 2 rings (SSSR count). The van der Waals surface area contributed by atoms with Crippen molar-refractivity contribution in [2.24, 2.45) is 0 Å². The second-order valence-electron chi connectivity index (χ2n) is 4.07. The Balaban J connectivity index is 2.07. The lowest BCUT2D eigenvalue weighted by atomic mass is 10.1. The zero-order chi connectivity index (χ0) is 12.3. The number of pyridine rings is 1. The predicted octanol–water partition coefficient (Wildman–Crippen LogP) is 4.04. The number of hydrogen-bond donors (Lipinski definition) is 0. The SMILES string of the molecule is Cc1ccc(OCc2cncc(Br)c2)c(C)c1. The molecule has 0 unspecified atom stereocenters. The summed E-state index contributed by atoms with van der Waals surface area (Å²) >= 11 is 3.39. The molecule has 2 aromatic rings. The van der Waals surface area contributed by atoms with Crippen molar-refractivity contribution >= 4 is 15.9 Å². The van der Waals surface area contributed by atoms with Crippen LogP contribution in [0.15, 0.2) is 41.1 Å². The molecule has 1 aromatic heterocycles. The molecule has 0 aliphatic carbocycles. The molecule has 0 amide bonds. The van der Waals surface area contributed by atoms with E-state index in [1.54, 1.807) is 6.20 Å². The van der Waals surface area contributed by atoms with Crippen LogP contribution >= 0.6 is 15.9 Å². The first-order chi connectivity index (χ1) is 8.15. The molecule has 0 fully saturated rings. The van der Waals surface area contributed by atoms with Crippen molar-refractivity contribution in [3.8, 4) is 5.75 Å². The number of benzene rings is 1. The number of ether oxygens (including phenoxy) is 1. The van der Waals surface area contributed by atoms with Gasteiger partial charge in [0, 0.05) is 22.4 Å². The topological polar surface area (TPSA) is 22.1 Å². The first-order valence-corrected chi connectivity index (χ1v) is 6.24. The Hall–Kier alpha value is -1.35. The zero-order valence-corrected chi connectivity index (χ0v) is 11.5. The van der Waals surface area contributed by atoms with Crippen LogP contribution in [0.3, 0.4) is 0 Å². The molecule has 0 bridgehead atoms. The molecule has 0 N–H and O–H groups in total. The molecular weight excluding hydrogens is 278 g/mol. The van der Waals surface area contributed by atoms with E-state index in [1.807, 2.05) is 18.3 Å². The molecule has 88 valence electrons. The monoisotopic (exact) mass is 291 g/mol. The lowest BCUT2D eigenvalue weighted by Crippen LogP contribution is -1.97. The van der Waals surface area contributed by atoms with E-state index in [9.17, 15) is 0 Å². The van der Waals surface area contributed by atoms with Gasteiger partial charge in [-0.1, -0.05) is 17.7 Å². The van der Waals surface area contributed by atoms with Crippen LogP contribution in [0.5, 0.6) is 5.75 Å². The van der Waals surface area contributed by atoms with Crippen LogP contribution in [0.4, 0.5) is 0 Å². The van der Waals surface area contributed by atoms with Crippen molar-refractivity contribution in [3.05, 3.63) is 57.8 Å². The molecule has 0 aliphatic rings. The third kappa shape index (κ3) is 3.30. The Kier molecular flexibility index (Phi) is 3.79. The summed E-state index contributed by atoms with van der Waals surface area (Å²) in [6.45, 7) is 4.67. The molecule has 0 saturated carbocycles. The second-order valence-corrected chi connectivity index (χ2v) is 4.98. The Labute approximate surface area is 110 Å². The number of rotatable bonds is 3. The van der Waals surface area contributed by atoms with Gasteiger partial charge in [-0.15, -0.1) is 0 Å². The Morgan fingerprint density at radius 3 is 2.71 bits per heavy atom. The maximum Gasteiger partial charge on any atom is 0.122 e. The van der Waals surface area contributed by atoms with Crippen LogP contribution in [0, 0.1) is 13.8 Å². The van der Waals surface area contributed by atoms with E-state index in [-0.39, 0.29) is 0 Å². The number of aromatic nitrogens is 1. The molecule has 0 aliphatic heterocycles. The van der Waals surface area contributed by atoms with Crippen molar-refractivity contribution in [1.29, 1.82) is 0 Å². The van der Waals surface area contributed by atoms with Crippen LogP contribution in [-0.4, -0.2) is 4.98 Å². The third-order valence-corrected chi connectivity index (χ3v) is 2.92. The second kappa shape index (κ2) is 5.32. The van der Waals surface area contributed by atoms with Gasteiger partial charge in [-0.2, -0.15) is 0 Å². The van der Waals surface area contributed by atoms with Gasteiger partial charge in [0.2, 0.25) is 0 Å². The quantitative estimate of drug-likeness (QED) is 0.851. The van der Waals surface area contributed by atoms with Crippen molar-refractivity contribution in [2.75, 3.05) is 0 Å². The highest BCUT2D eigenvalue weighted by Crippen LogP contribution is 2.20. The van der Waals surface area contributed by atoms with E-state index in [1.165, 1.54) is 5.56 Å². The predicted molar refractivity (Wildman–Crippen MR) is 72.2 cm³/mol. The number of hydrogen-bond acceptors (Lipinski definition) is 2. The summed E-state index contributed by atoms with van der Waals surface area (Å²) in [6.07, 6.45) is 3.58. The van der Waals surface area contributed by atoms with E-state index in [0.717, 1.165) is 21.3 Å². The fourth-order valence-corrected chi connectivity index (χ4v) is 2.07. The van der Waals surface area contributed by atoms with Gasteiger partial charge in [-0.3, -0.25) is 4.98 Å². The summed E-state index contributed by atoms with van der Waals surface area (Å²) in [7, 11) is 0. The van der Waals surface area contributed by atoms with E-state index in [2.05, 4.69) is 46.9 Å². The first-order valence-electron chi connectivity index (χ1n) is 5.44. The highest BCUT2D eigenvalue weighted by molar-refractivity contribution is 9.10. The van der Waals surface area contributed by atoms with Crippen molar-refractivity contribution in [2.45, 2.75) is 20.5 Å². The first kappa shape index (κ1) is 12.1. The highest BCUT2D eigenvalue weighted by atomic mass is 79.9. The van der Waals surface area contributed by atoms with Gasteiger partial charge in [-0.25, -0.2) is 0 Å². The van der Waals surface area contributed by atoms with E-state index in [4.69, 9.17) is 4.74 Å². The molecule has 1 aromatic carbocycles. The lowest BCUT2D eigenvalue weighted by Gasteiger charge is -2.09. The molecule has 0 atom stereocenters. The smallest absolute Gasteiger partial charge is 0.122 e. The summed E-state index contributed by atoms with van der Waals surface area (Å²) in [4.78, 5) is 4.11. The third-order valence-electron chi connectivity index (χ3n) is 2.49. The number of aryl methyl sites for hydroxylation is 2. The minimum atomic E-state index is 0.538. The van der Waals surface area contributed by atoms with Crippen molar-refractivity contribution in [1.82, 2.24) is 4.98 Å². The van der Waals surface area contributed by atoms with Crippen molar-refractivity contribution in [3.63, 3.8) is 0 Å². The van der Waals surface area contributed by atoms with E-state index < -0.39 is 0 Å². The average molecular weight is 292 g/mol. The Morgan fingerprint density at radius 2 is 2.00 bits per heavy atom. The van der Waals surface area contributed by atoms with Crippen LogP contribution in [0.25, 0.3) is 0 Å². The number of nitrogens with zero attached hydrogens (tertiary/aromatic N) is 1. The van der Waals surface area contributed by atoms with Gasteiger partial charge in [0.15, 0.2) is 0 Å².